The topological polar surface area (TPSA) is 140 Å². The molecule has 0 spiro atoms. The number of piperidine rings is 4. The van der Waals surface area contributed by atoms with Gasteiger partial charge in [-0.1, -0.05) is 12.1 Å². The van der Waals surface area contributed by atoms with Gasteiger partial charge in [0.05, 0.1) is 113 Å². The smallest absolute Gasteiger partial charge is 0.378 e. The van der Waals surface area contributed by atoms with Crippen molar-refractivity contribution in [1.29, 1.82) is 0 Å². The van der Waals surface area contributed by atoms with Crippen molar-refractivity contribution >= 4 is 57.6 Å². The molecule has 8 bridgehead atoms. The Morgan fingerprint density at radius 1 is 0.538 bits per heavy atom. The zero-order valence-electron chi connectivity index (χ0n) is 43.1. The number of nitrogens with zero attached hydrogens (tertiary/aromatic N) is 8. The second-order valence-electron chi connectivity index (χ2n) is 22.8. The highest BCUT2D eigenvalue weighted by Gasteiger charge is 2.49. The van der Waals surface area contributed by atoms with Crippen molar-refractivity contribution in [2.24, 2.45) is 11.8 Å². The lowest BCUT2D eigenvalue weighted by molar-refractivity contribution is -0.185. The average molecular weight is 1090 g/mol. The van der Waals surface area contributed by atoms with Gasteiger partial charge in [-0.15, -0.1) is 0 Å². The van der Waals surface area contributed by atoms with E-state index in [0.717, 1.165) is 84.0 Å². The van der Waals surface area contributed by atoms with Gasteiger partial charge in [0.2, 0.25) is 11.8 Å². The number of halogens is 6. The van der Waals surface area contributed by atoms with E-state index in [2.05, 4.69) is 54.7 Å². The summed E-state index contributed by atoms with van der Waals surface area (Å²) in [7, 11) is 0. The number of amides is 2. The van der Waals surface area contributed by atoms with Crippen molar-refractivity contribution in [2.45, 2.75) is 125 Å². The third kappa shape index (κ3) is 10.4. The van der Waals surface area contributed by atoms with Gasteiger partial charge in [0.1, 0.15) is 11.6 Å². The number of hydrogen-bond donors (Lipinski definition) is 2. The second kappa shape index (κ2) is 20.7. The van der Waals surface area contributed by atoms with Crippen molar-refractivity contribution in [3.63, 3.8) is 0 Å². The molecule has 0 aliphatic carbocycles. The van der Waals surface area contributed by atoms with Gasteiger partial charge in [0.15, 0.2) is 0 Å². The number of carbonyl (C=O) groups is 2. The SMILES string of the molecule is O=C(C1C[C@H]2COC[C@@H](C1)N2CC(F)(F)F)N1Cc2cccnc2Nc2ccc(N3C[C@@H]4CCC3CO4)cc21.O=C(C1C[C@H]2COC[C@@H](C1)N2CC(F)(F)F)N1Cc2cccnc2Nc2ccc(N3C[C@H]4CCC3CO4)cc21. The highest BCUT2D eigenvalue weighted by atomic mass is 19.4. The van der Waals surface area contributed by atoms with Gasteiger partial charge < -0.3 is 49.2 Å². The standard InChI is InChI=1S/2C28H32F3N5O3/c2*29-28(30,31)16-36-21-8-18(9-22(36)14-38-13-21)27(37)35-11-17-2-1-7-32-26(17)33-24-6-4-19(10-25(24)35)34-12-23-5-3-20(34)15-39-23/h2*1-2,4,6-7,10,18,20-23H,3,5,8-9,11-16H2,(H,32,33)/t2*18?,20?,21-,22+,23-/m10/s1. The van der Waals surface area contributed by atoms with Gasteiger partial charge in [0, 0.05) is 84.0 Å². The largest absolute Gasteiger partial charge is 0.401 e. The summed E-state index contributed by atoms with van der Waals surface area (Å²) >= 11 is 0. The zero-order valence-corrected chi connectivity index (χ0v) is 43.1. The number of aromatic nitrogens is 2. The summed E-state index contributed by atoms with van der Waals surface area (Å²) in [6, 6.07) is 18.9. The van der Waals surface area contributed by atoms with Crippen molar-refractivity contribution in [1.82, 2.24) is 19.8 Å². The van der Waals surface area contributed by atoms with Gasteiger partial charge >= 0.3 is 12.4 Å². The number of pyridine rings is 2. The van der Waals surface area contributed by atoms with Crippen LogP contribution >= 0.6 is 0 Å². The predicted octanol–water partition coefficient (Wildman–Crippen LogP) is 8.16. The van der Waals surface area contributed by atoms with Crippen LogP contribution < -0.4 is 30.2 Å². The molecule has 78 heavy (non-hydrogen) atoms. The fourth-order valence-electron chi connectivity index (χ4n) is 14.1. The van der Waals surface area contributed by atoms with Crippen molar-refractivity contribution in [3.8, 4) is 0 Å². The summed E-state index contributed by atoms with van der Waals surface area (Å²) in [4.78, 5) is 49.0. The molecule has 2 N–H and O–H groups in total. The third-order valence-electron chi connectivity index (χ3n) is 17.8. The zero-order chi connectivity index (χ0) is 53.5. The van der Waals surface area contributed by atoms with Gasteiger partial charge in [-0.2, -0.15) is 26.3 Å². The van der Waals surface area contributed by atoms with Crippen LogP contribution in [0.5, 0.6) is 0 Å². The van der Waals surface area contributed by atoms with E-state index in [1.165, 1.54) is 9.80 Å². The minimum atomic E-state index is -4.29. The number of anilines is 8. The molecular formula is C56H64F6N10O6. The van der Waals surface area contributed by atoms with Crippen molar-refractivity contribution in [3.05, 3.63) is 84.2 Å². The van der Waals surface area contributed by atoms with Crippen LogP contribution in [0.3, 0.4) is 0 Å². The van der Waals surface area contributed by atoms with E-state index in [1.54, 1.807) is 12.4 Å². The van der Waals surface area contributed by atoms with Crippen LogP contribution in [0.1, 0.15) is 62.5 Å². The van der Waals surface area contributed by atoms with E-state index >= 15 is 0 Å². The van der Waals surface area contributed by atoms with E-state index < -0.39 is 49.6 Å². The molecule has 16 rings (SSSR count). The molecule has 10 saturated heterocycles. The molecular weight excluding hydrogens is 1020 g/mol. The summed E-state index contributed by atoms with van der Waals surface area (Å²) < 4.78 is 103. The molecule has 4 aromatic rings. The third-order valence-corrected chi connectivity index (χ3v) is 17.8. The maximum Gasteiger partial charge on any atom is 0.401 e. The number of nitrogens with one attached hydrogen (secondary N) is 2. The molecule has 2 aromatic carbocycles. The molecule has 12 aliphatic heterocycles. The quantitative estimate of drug-likeness (QED) is 0.180. The van der Waals surface area contributed by atoms with Crippen LogP contribution in [-0.2, 0) is 41.6 Å². The summed E-state index contributed by atoms with van der Waals surface area (Å²) in [5, 5.41) is 6.85. The number of carbonyl (C=O) groups excluding carboxylic acids is 2. The van der Waals surface area contributed by atoms with Gasteiger partial charge in [-0.05, 0) is 99.9 Å². The Kier molecular flexibility index (Phi) is 13.7. The first-order valence-corrected chi connectivity index (χ1v) is 27.5. The van der Waals surface area contributed by atoms with Gasteiger partial charge in [-0.3, -0.25) is 19.4 Å². The van der Waals surface area contributed by atoms with Crippen molar-refractivity contribution < 1.29 is 54.9 Å². The van der Waals surface area contributed by atoms with E-state index in [4.69, 9.17) is 18.9 Å². The highest BCUT2D eigenvalue weighted by molar-refractivity contribution is 6.01. The normalized spacial score (nSPS) is 30.3. The molecule has 0 saturated carbocycles. The second-order valence-corrected chi connectivity index (χ2v) is 22.8. The van der Waals surface area contributed by atoms with Crippen LogP contribution in [0, 0.1) is 11.8 Å². The summed E-state index contributed by atoms with van der Waals surface area (Å²) in [5.74, 6) is 0.526. The molecule has 16 nitrogen and oxygen atoms in total. The molecule has 416 valence electrons. The van der Waals surface area contributed by atoms with Crippen LogP contribution in [-0.4, -0.2) is 158 Å². The van der Waals surface area contributed by atoms with E-state index in [9.17, 15) is 35.9 Å². The van der Waals surface area contributed by atoms with E-state index in [0.29, 0.717) is 75.7 Å². The Hall–Kier alpha value is -5.78. The first-order valence-electron chi connectivity index (χ1n) is 27.5. The maximum absolute atomic E-state index is 14.3. The minimum absolute atomic E-state index is 0.0565. The molecule has 2 aromatic heterocycles. The molecule has 4 unspecified atom stereocenters. The maximum atomic E-state index is 14.3. The number of fused-ring (bicyclic) bond motifs is 14. The highest BCUT2D eigenvalue weighted by Crippen LogP contribution is 2.45. The Bertz CT molecular complexity index is 2670. The first kappa shape index (κ1) is 51.6. The van der Waals surface area contributed by atoms with E-state index in [-0.39, 0.29) is 62.3 Å². The Labute approximate surface area is 448 Å². The number of benzene rings is 2. The number of hydrogen-bond acceptors (Lipinski definition) is 14. The van der Waals surface area contributed by atoms with E-state index in [1.807, 2.05) is 46.2 Å². The van der Waals surface area contributed by atoms with Crippen LogP contribution in [0.4, 0.5) is 72.1 Å². The minimum Gasteiger partial charge on any atom is -0.378 e. The van der Waals surface area contributed by atoms with Crippen LogP contribution in [0.2, 0.25) is 0 Å². The lowest BCUT2D eigenvalue weighted by Crippen LogP contribution is -2.60. The monoisotopic (exact) mass is 1090 g/mol. The molecule has 10 fully saturated rings. The fraction of sp³-hybridized carbons (Fsp3) is 0.571. The van der Waals surface area contributed by atoms with Crippen molar-refractivity contribution in [2.75, 3.05) is 96.1 Å². The summed E-state index contributed by atoms with van der Waals surface area (Å²) in [6.45, 7) is 2.68. The Morgan fingerprint density at radius 3 is 1.29 bits per heavy atom. The number of ether oxygens (including phenoxy) is 4. The van der Waals surface area contributed by atoms with Crippen LogP contribution in [0.15, 0.2) is 73.1 Å². The summed E-state index contributed by atoms with van der Waals surface area (Å²) in [5.41, 5.74) is 7.03. The number of morpholine rings is 4. The summed E-state index contributed by atoms with van der Waals surface area (Å²) in [6.07, 6.45) is 0.999. The van der Waals surface area contributed by atoms with Gasteiger partial charge in [-0.25, -0.2) is 9.97 Å². The van der Waals surface area contributed by atoms with Crippen LogP contribution in [0.25, 0.3) is 0 Å². The molecule has 0 radical (unpaired) electrons. The average Bonchev–Trinajstić information content (AvgIpc) is 3.72. The Morgan fingerprint density at radius 2 is 0.949 bits per heavy atom. The molecule has 14 heterocycles. The molecule has 2 amide bonds. The molecule has 22 heteroatoms. The molecule has 10 atom stereocenters. The first-order chi connectivity index (χ1) is 37.6. The van der Waals surface area contributed by atoms with Gasteiger partial charge in [0.25, 0.3) is 0 Å². The number of alkyl halides is 6. The lowest BCUT2D eigenvalue weighted by atomic mass is 9.83. The predicted molar refractivity (Wildman–Crippen MR) is 278 cm³/mol. The fourth-order valence-corrected chi connectivity index (χ4v) is 14.1. The number of rotatable bonds is 6. The lowest BCUT2D eigenvalue weighted by Gasteiger charge is -2.48. The molecule has 12 aliphatic rings. The Balaban J connectivity index is 0.000000148.